The normalized spacial score (nSPS) is 19.1. The molecule has 2 aliphatic heterocycles. The number of benzene rings is 1. The van der Waals surface area contributed by atoms with Crippen LogP contribution < -0.4 is 10.6 Å². The summed E-state index contributed by atoms with van der Waals surface area (Å²) in [6, 6.07) is 11.8. The van der Waals surface area contributed by atoms with Crippen molar-refractivity contribution in [2.45, 2.75) is 31.4 Å². The van der Waals surface area contributed by atoms with Crippen molar-refractivity contribution < 1.29 is 14.3 Å². The van der Waals surface area contributed by atoms with Crippen molar-refractivity contribution in [2.24, 2.45) is 0 Å². The molecule has 0 bridgehead atoms. The molecular formula is C21H25N3O3S. The van der Waals surface area contributed by atoms with Crippen LogP contribution in [0, 0.1) is 0 Å². The number of nitrogens with zero attached hydrogens (tertiary/aromatic N) is 1. The summed E-state index contributed by atoms with van der Waals surface area (Å²) < 4.78 is 6.01. The number of likely N-dealkylation sites (tertiary alicyclic amines) is 1. The number of anilines is 1. The van der Waals surface area contributed by atoms with E-state index in [0.717, 1.165) is 5.69 Å². The molecule has 148 valence electrons. The number of nitrogens with one attached hydrogen (secondary N) is 2. The minimum absolute atomic E-state index is 0.0298. The van der Waals surface area contributed by atoms with E-state index >= 15 is 0 Å². The summed E-state index contributed by atoms with van der Waals surface area (Å²) in [6.07, 6.45) is 1.77. The van der Waals surface area contributed by atoms with Crippen LogP contribution in [-0.4, -0.2) is 48.6 Å². The standard InChI is InChI=1S/C21H25N3O3S/c25-19-14-21(27-12-9-22-19)7-10-24(11-8-21)20(26)17-5-1-2-6-18(17)23-15-16-4-3-13-28-16/h1-6,13,23H,7-12,14-15H2,(H,22,25). The maximum Gasteiger partial charge on any atom is 0.255 e. The first-order valence-electron chi connectivity index (χ1n) is 9.70. The summed E-state index contributed by atoms with van der Waals surface area (Å²) in [5.74, 6) is 0.0719. The number of piperidine rings is 1. The quantitative estimate of drug-likeness (QED) is 0.829. The average Bonchev–Trinajstić information content (AvgIpc) is 3.17. The van der Waals surface area contributed by atoms with Crippen molar-refractivity contribution in [1.29, 1.82) is 0 Å². The summed E-state index contributed by atoms with van der Waals surface area (Å²) in [6.45, 7) is 3.01. The second-order valence-corrected chi connectivity index (χ2v) is 8.36. The monoisotopic (exact) mass is 399 g/mol. The highest BCUT2D eigenvalue weighted by atomic mass is 32.1. The van der Waals surface area contributed by atoms with Gasteiger partial charge in [0.25, 0.3) is 5.91 Å². The van der Waals surface area contributed by atoms with Gasteiger partial charge in [0.2, 0.25) is 5.91 Å². The first-order valence-corrected chi connectivity index (χ1v) is 10.6. The van der Waals surface area contributed by atoms with E-state index in [-0.39, 0.29) is 11.8 Å². The van der Waals surface area contributed by atoms with Gasteiger partial charge >= 0.3 is 0 Å². The van der Waals surface area contributed by atoms with Gasteiger partial charge in [-0.3, -0.25) is 9.59 Å². The van der Waals surface area contributed by atoms with E-state index in [4.69, 9.17) is 4.74 Å². The molecule has 2 amide bonds. The molecule has 2 fully saturated rings. The molecule has 2 saturated heterocycles. The lowest BCUT2D eigenvalue weighted by Crippen LogP contribution is -2.49. The predicted molar refractivity (Wildman–Crippen MR) is 110 cm³/mol. The third-order valence-electron chi connectivity index (χ3n) is 5.47. The predicted octanol–water partition coefficient (Wildman–Crippen LogP) is 2.87. The first-order chi connectivity index (χ1) is 13.7. The van der Waals surface area contributed by atoms with Gasteiger partial charge in [-0.1, -0.05) is 18.2 Å². The van der Waals surface area contributed by atoms with Crippen molar-refractivity contribution in [2.75, 3.05) is 31.6 Å². The molecule has 0 saturated carbocycles. The lowest BCUT2D eigenvalue weighted by atomic mass is 9.87. The Labute approximate surface area is 168 Å². The van der Waals surface area contributed by atoms with Crippen LogP contribution in [0.3, 0.4) is 0 Å². The van der Waals surface area contributed by atoms with Crippen LogP contribution in [0.5, 0.6) is 0 Å². The van der Waals surface area contributed by atoms with Gasteiger partial charge in [-0.15, -0.1) is 11.3 Å². The largest absolute Gasteiger partial charge is 0.380 e. The van der Waals surface area contributed by atoms with Crippen molar-refractivity contribution in [3.8, 4) is 0 Å². The van der Waals surface area contributed by atoms with Gasteiger partial charge in [0.1, 0.15) is 0 Å². The molecule has 1 aromatic heterocycles. The third-order valence-corrected chi connectivity index (χ3v) is 6.34. The zero-order chi connectivity index (χ0) is 19.4. The Bertz CT molecular complexity index is 829. The lowest BCUT2D eigenvalue weighted by Gasteiger charge is -2.40. The van der Waals surface area contributed by atoms with E-state index in [2.05, 4.69) is 16.7 Å². The second kappa shape index (κ2) is 8.32. The second-order valence-electron chi connectivity index (χ2n) is 7.33. The number of carbonyl (C=O) groups excluding carboxylic acids is 2. The summed E-state index contributed by atoms with van der Waals surface area (Å²) in [7, 11) is 0. The summed E-state index contributed by atoms with van der Waals surface area (Å²) in [5.41, 5.74) is 1.12. The maximum atomic E-state index is 13.2. The molecule has 28 heavy (non-hydrogen) atoms. The number of thiophene rings is 1. The molecule has 1 spiro atoms. The van der Waals surface area contributed by atoms with Gasteiger partial charge in [-0.05, 0) is 36.4 Å². The fourth-order valence-electron chi connectivity index (χ4n) is 3.89. The van der Waals surface area contributed by atoms with E-state index in [1.165, 1.54) is 4.88 Å². The van der Waals surface area contributed by atoms with Crippen LogP contribution in [0.2, 0.25) is 0 Å². The Morgan fingerprint density at radius 2 is 2.04 bits per heavy atom. The van der Waals surface area contributed by atoms with E-state index in [1.807, 2.05) is 40.6 Å². The number of hydrogen-bond donors (Lipinski definition) is 2. The Hall–Kier alpha value is -2.38. The van der Waals surface area contributed by atoms with Gasteiger partial charge in [0.05, 0.1) is 24.2 Å². The highest BCUT2D eigenvalue weighted by molar-refractivity contribution is 7.09. The lowest BCUT2D eigenvalue weighted by molar-refractivity contribution is -0.127. The molecule has 4 rings (SSSR count). The van der Waals surface area contributed by atoms with Crippen LogP contribution in [0.4, 0.5) is 5.69 Å². The van der Waals surface area contributed by atoms with Crippen LogP contribution in [0.15, 0.2) is 41.8 Å². The topological polar surface area (TPSA) is 70.7 Å². The fraction of sp³-hybridized carbons (Fsp3) is 0.429. The minimum Gasteiger partial charge on any atom is -0.380 e. The average molecular weight is 400 g/mol. The van der Waals surface area contributed by atoms with Crippen LogP contribution in [-0.2, 0) is 16.1 Å². The number of hydrogen-bond acceptors (Lipinski definition) is 5. The highest BCUT2D eigenvalue weighted by Gasteiger charge is 2.40. The number of rotatable bonds is 4. The zero-order valence-corrected chi connectivity index (χ0v) is 16.6. The molecule has 2 aliphatic rings. The Kier molecular flexibility index (Phi) is 5.64. The number of para-hydroxylation sites is 1. The van der Waals surface area contributed by atoms with Crippen molar-refractivity contribution >= 4 is 28.8 Å². The number of carbonyl (C=O) groups is 2. The van der Waals surface area contributed by atoms with Crippen LogP contribution in [0.1, 0.15) is 34.5 Å². The van der Waals surface area contributed by atoms with Gasteiger partial charge in [0.15, 0.2) is 0 Å². The zero-order valence-electron chi connectivity index (χ0n) is 15.8. The summed E-state index contributed by atoms with van der Waals surface area (Å²) in [4.78, 5) is 28.2. The van der Waals surface area contributed by atoms with Crippen molar-refractivity contribution in [3.05, 3.63) is 52.2 Å². The van der Waals surface area contributed by atoms with Gasteiger partial charge < -0.3 is 20.3 Å². The molecular weight excluding hydrogens is 374 g/mol. The fourth-order valence-corrected chi connectivity index (χ4v) is 4.54. The molecule has 0 radical (unpaired) electrons. The molecule has 1 aromatic carbocycles. The van der Waals surface area contributed by atoms with E-state index in [9.17, 15) is 9.59 Å². The number of ether oxygens (including phenoxy) is 1. The molecule has 0 atom stereocenters. The summed E-state index contributed by atoms with van der Waals surface area (Å²) in [5, 5.41) is 8.30. The Balaban J connectivity index is 1.42. The molecule has 0 unspecified atom stereocenters. The van der Waals surface area contributed by atoms with Gasteiger partial charge in [-0.25, -0.2) is 0 Å². The van der Waals surface area contributed by atoms with Gasteiger partial charge in [-0.2, -0.15) is 0 Å². The third kappa shape index (κ3) is 4.20. The Morgan fingerprint density at radius 3 is 2.82 bits per heavy atom. The smallest absolute Gasteiger partial charge is 0.255 e. The number of amides is 2. The highest BCUT2D eigenvalue weighted by Crippen LogP contribution is 2.32. The van der Waals surface area contributed by atoms with E-state index < -0.39 is 5.60 Å². The molecule has 2 N–H and O–H groups in total. The molecule has 7 heteroatoms. The molecule has 6 nitrogen and oxygen atoms in total. The van der Waals surface area contributed by atoms with E-state index in [0.29, 0.717) is 57.6 Å². The SMILES string of the molecule is O=C1CC2(CCN(C(=O)c3ccccc3NCc3cccs3)CC2)OCCN1. The maximum absolute atomic E-state index is 13.2. The van der Waals surface area contributed by atoms with Gasteiger partial charge in [0, 0.05) is 36.7 Å². The molecule has 2 aromatic rings. The summed E-state index contributed by atoms with van der Waals surface area (Å²) >= 11 is 1.69. The first kappa shape index (κ1) is 19.0. The minimum atomic E-state index is -0.422. The molecule has 0 aliphatic carbocycles. The van der Waals surface area contributed by atoms with Crippen LogP contribution >= 0.6 is 11.3 Å². The van der Waals surface area contributed by atoms with Crippen molar-refractivity contribution in [1.82, 2.24) is 10.2 Å². The van der Waals surface area contributed by atoms with Crippen molar-refractivity contribution in [3.63, 3.8) is 0 Å². The van der Waals surface area contributed by atoms with Crippen LogP contribution in [0.25, 0.3) is 0 Å². The van der Waals surface area contributed by atoms with E-state index in [1.54, 1.807) is 11.3 Å². The molecule has 3 heterocycles. The Morgan fingerprint density at radius 1 is 1.21 bits per heavy atom.